The zero-order valence-electron chi connectivity index (χ0n) is 5.72. The summed E-state index contributed by atoms with van der Waals surface area (Å²) in [4.78, 5) is 0. The predicted molar refractivity (Wildman–Crippen MR) is 39.6 cm³/mol. The van der Waals surface area contributed by atoms with E-state index >= 15 is 0 Å². The Kier molecular flexibility index (Phi) is 2.27. The molecule has 0 atom stereocenters. The highest BCUT2D eigenvalue weighted by molar-refractivity contribution is 7.62. The lowest BCUT2D eigenvalue weighted by Crippen LogP contribution is -2.11. The molecule has 8 heavy (non-hydrogen) atoms. The van der Waals surface area contributed by atoms with E-state index in [4.69, 9.17) is 0 Å². The fourth-order valence-corrected chi connectivity index (χ4v) is 2.67. The fourth-order valence-electron chi connectivity index (χ4n) is 0.951. The van der Waals surface area contributed by atoms with Crippen molar-refractivity contribution < 1.29 is 0 Å². The third kappa shape index (κ3) is 1.43. The lowest BCUT2D eigenvalue weighted by atomic mass is 10.7. The maximum Gasteiger partial charge on any atom is -0.000766 e. The van der Waals surface area contributed by atoms with E-state index in [1.165, 1.54) is 25.4 Å². The van der Waals surface area contributed by atoms with Crippen LogP contribution in [-0.4, -0.2) is 30.1 Å². The van der Waals surface area contributed by atoms with Crippen molar-refractivity contribution >= 4 is 8.07 Å². The topological polar surface area (TPSA) is 3.24 Å². The van der Waals surface area contributed by atoms with Gasteiger partial charge in [0.15, 0.2) is 0 Å². The molecule has 0 aromatic rings. The van der Waals surface area contributed by atoms with E-state index in [0.717, 1.165) is 0 Å². The summed E-state index contributed by atoms with van der Waals surface area (Å²) in [6.07, 6.45) is 3.02. The van der Waals surface area contributed by atoms with Gasteiger partial charge in [0.05, 0.1) is 0 Å². The molecule has 1 saturated heterocycles. The lowest BCUT2D eigenvalue weighted by molar-refractivity contribution is 0.515. The normalized spacial score (nSPS) is 19.9. The molecule has 1 heterocycles. The fraction of sp³-hybridized carbons (Fsp3) is 1.00. The van der Waals surface area contributed by atoms with Crippen LogP contribution in [0.25, 0.3) is 0 Å². The minimum atomic E-state index is 0.419. The Bertz CT molecular complexity index is 66.9. The molecule has 2 heteroatoms. The SMILES string of the molecule is CCN(CC)P1CC1. The Morgan fingerprint density at radius 1 is 1.25 bits per heavy atom. The molecule has 0 spiro atoms. The zero-order chi connectivity index (χ0) is 5.98. The molecule has 1 aliphatic rings. The summed E-state index contributed by atoms with van der Waals surface area (Å²) in [5.74, 6) is 0. The van der Waals surface area contributed by atoms with Gasteiger partial charge in [-0.1, -0.05) is 13.8 Å². The molecule has 1 nitrogen and oxygen atoms in total. The zero-order valence-corrected chi connectivity index (χ0v) is 6.62. The van der Waals surface area contributed by atoms with Crippen LogP contribution in [0.15, 0.2) is 0 Å². The predicted octanol–water partition coefficient (Wildman–Crippen LogP) is 1.74. The summed E-state index contributed by atoms with van der Waals surface area (Å²) in [5.41, 5.74) is 0. The highest BCUT2D eigenvalue weighted by Crippen LogP contribution is 2.53. The van der Waals surface area contributed by atoms with Gasteiger partial charge >= 0.3 is 0 Å². The quantitative estimate of drug-likeness (QED) is 0.527. The molecule has 1 rings (SSSR count). The van der Waals surface area contributed by atoms with E-state index in [2.05, 4.69) is 18.5 Å². The van der Waals surface area contributed by atoms with E-state index in [9.17, 15) is 0 Å². The lowest BCUT2D eigenvalue weighted by Gasteiger charge is -2.15. The molecule has 0 N–H and O–H groups in total. The van der Waals surface area contributed by atoms with Gasteiger partial charge in [0.1, 0.15) is 0 Å². The van der Waals surface area contributed by atoms with Gasteiger partial charge in [-0.2, -0.15) is 0 Å². The van der Waals surface area contributed by atoms with Crippen LogP contribution in [-0.2, 0) is 0 Å². The average molecular weight is 131 g/mol. The van der Waals surface area contributed by atoms with Crippen LogP contribution in [0.3, 0.4) is 0 Å². The van der Waals surface area contributed by atoms with Gasteiger partial charge in [-0.3, -0.25) is 4.67 Å². The van der Waals surface area contributed by atoms with E-state index in [0.29, 0.717) is 8.07 Å². The maximum atomic E-state index is 2.59. The summed E-state index contributed by atoms with van der Waals surface area (Å²) in [7, 11) is 0.419. The van der Waals surface area contributed by atoms with Crippen LogP contribution in [0, 0.1) is 0 Å². The average Bonchev–Trinajstić information content (AvgIpc) is 2.53. The smallest absolute Gasteiger partial charge is 0.000766 e. The van der Waals surface area contributed by atoms with Crippen LogP contribution in [0.1, 0.15) is 13.8 Å². The van der Waals surface area contributed by atoms with Crippen LogP contribution in [0.4, 0.5) is 0 Å². The van der Waals surface area contributed by atoms with E-state index in [1.54, 1.807) is 0 Å². The molecular weight excluding hydrogens is 117 g/mol. The standard InChI is InChI=1S/C6H14NP/c1-3-7(4-2)8-5-6-8/h3-6H2,1-2H3. The van der Waals surface area contributed by atoms with Crippen LogP contribution >= 0.6 is 8.07 Å². The largest absolute Gasteiger partial charge is 0.282 e. The highest BCUT2D eigenvalue weighted by atomic mass is 31.1. The molecule has 0 bridgehead atoms. The minimum absolute atomic E-state index is 0.419. The summed E-state index contributed by atoms with van der Waals surface area (Å²) in [6.45, 7) is 7.04. The summed E-state index contributed by atoms with van der Waals surface area (Å²) < 4.78 is 2.59. The molecule has 1 fully saturated rings. The summed E-state index contributed by atoms with van der Waals surface area (Å²) in [6, 6.07) is 0. The van der Waals surface area contributed by atoms with Gasteiger partial charge in [-0.15, -0.1) is 0 Å². The first-order valence-electron chi connectivity index (χ1n) is 3.38. The Morgan fingerprint density at radius 3 is 1.88 bits per heavy atom. The van der Waals surface area contributed by atoms with Gasteiger partial charge in [-0.25, -0.2) is 0 Å². The molecular formula is C6H14NP. The highest BCUT2D eigenvalue weighted by Gasteiger charge is 2.25. The number of nitrogens with zero attached hydrogens (tertiary/aromatic N) is 1. The Labute approximate surface area is 52.9 Å². The Hall–Kier alpha value is 0.390. The molecule has 0 aromatic heterocycles. The van der Waals surface area contributed by atoms with Gasteiger partial charge in [0, 0.05) is 0 Å². The second-order valence-electron chi connectivity index (χ2n) is 2.09. The summed E-state index contributed by atoms with van der Waals surface area (Å²) in [5, 5.41) is 0. The second-order valence-corrected chi connectivity index (χ2v) is 4.57. The number of hydrogen-bond donors (Lipinski definition) is 0. The first-order chi connectivity index (χ1) is 3.88. The van der Waals surface area contributed by atoms with Crippen molar-refractivity contribution in [3.63, 3.8) is 0 Å². The van der Waals surface area contributed by atoms with Crippen molar-refractivity contribution in [3.8, 4) is 0 Å². The maximum absolute atomic E-state index is 2.59. The van der Waals surface area contributed by atoms with Crippen molar-refractivity contribution in [1.82, 2.24) is 4.67 Å². The van der Waals surface area contributed by atoms with Crippen molar-refractivity contribution in [2.75, 3.05) is 25.4 Å². The van der Waals surface area contributed by atoms with Crippen molar-refractivity contribution in [1.29, 1.82) is 0 Å². The molecule has 0 saturated carbocycles. The molecule has 0 amide bonds. The van der Waals surface area contributed by atoms with Crippen molar-refractivity contribution in [2.24, 2.45) is 0 Å². The molecule has 0 unspecified atom stereocenters. The van der Waals surface area contributed by atoms with Gasteiger partial charge < -0.3 is 0 Å². The third-order valence-corrected chi connectivity index (χ3v) is 3.77. The van der Waals surface area contributed by atoms with Crippen LogP contribution in [0.2, 0.25) is 0 Å². The second kappa shape index (κ2) is 2.80. The van der Waals surface area contributed by atoms with E-state index in [1.807, 2.05) is 0 Å². The van der Waals surface area contributed by atoms with E-state index < -0.39 is 0 Å². The monoisotopic (exact) mass is 131 g/mol. The number of rotatable bonds is 3. The first-order valence-corrected chi connectivity index (χ1v) is 5.04. The molecule has 0 radical (unpaired) electrons. The van der Waals surface area contributed by atoms with Crippen molar-refractivity contribution in [2.45, 2.75) is 13.8 Å². The van der Waals surface area contributed by atoms with Crippen LogP contribution in [0.5, 0.6) is 0 Å². The molecule has 1 aliphatic heterocycles. The van der Waals surface area contributed by atoms with Gasteiger partial charge in [0.2, 0.25) is 0 Å². The Balaban J connectivity index is 2.15. The van der Waals surface area contributed by atoms with E-state index in [-0.39, 0.29) is 0 Å². The summed E-state index contributed by atoms with van der Waals surface area (Å²) >= 11 is 0. The minimum Gasteiger partial charge on any atom is -0.282 e. The Morgan fingerprint density at radius 2 is 1.75 bits per heavy atom. The third-order valence-electron chi connectivity index (χ3n) is 1.55. The van der Waals surface area contributed by atoms with Gasteiger partial charge in [0.25, 0.3) is 0 Å². The van der Waals surface area contributed by atoms with Crippen LogP contribution < -0.4 is 0 Å². The van der Waals surface area contributed by atoms with Gasteiger partial charge in [-0.05, 0) is 33.5 Å². The molecule has 0 aromatic carbocycles. The molecule has 0 aliphatic carbocycles. The van der Waals surface area contributed by atoms with Crippen molar-refractivity contribution in [3.05, 3.63) is 0 Å². The number of hydrogen-bond acceptors (Lipinski definition) is 1. The molecule has 48 valence electrons. The first kappa shape index (κ1) is 6.51.